The highest BCUT2D eigenvalue weighted by Gasteiger charge is 2.12. The molecule has 1 rings (SSSR count). The zero-order valence-electron chi connectivity index (χ0n) is 6.38. The van der Waals surface area contributed by atoms with Crippen LogP contribution < -0.4 is 0 Å². The van der Waals surface area contributed by atoms with Gasteiger partial charge in [-0.3, -0.25) is 0 Å². The molecule has 57 valence electrons. The van der Waals surface area contributed by atoms with Crippen LogP contribution in [0.25, 0.3) is 0 Å². The summed E-state index contributed by atoms with van der Waals surface area (Å²) in [7, 11) is 0. The normalized spacial score (nSPS) is 20.8. The van der Waals surface area contributed by atoms with Gasteiger partial charge in [-0.25, -0.2) is 0 Å². The van der Waals surface area contributed by atoms with Crippen LogP contribution >= 0.6 is 0 Å². The van der Waals surface area contributed by atoms with E-state index in [1.54, 1.807) is 0 Å². The van der Waals surface area contributed by atoms with E-state index in [4.69, 9.17) is 0 Å². The van der Waals surface area contributed by atoms with Crippen molar-refractivity contribution in [1.82, 2.24) is 0 Å². The van der Waals surface area contributed by atoms with Gasteiger partial charge in [0.2, 0.25) is 0 Å². The van der Waals surface area contributed by atoms with Crippen molar-refractivity contribution in [3.63, 3.8) is 0 Å². The lowest BCUT2D eigenvalue weighted by atomic mass is 9.86. The van der Waals surface area contributed by atoms with Crippen LogP contribution in [0.15, 0.2) is 0 Å². The Morgan fingerprint density at radius 3 is 2.50 bits per heavy atom. The Kier molecular flexibility index (Phi) is 3.48. The van der Waals surface area contributed by atoms with Crippen molar-refractivity contribution in [2.45, 2.75) is 38.5 Å². The average molecular weight is 139 g/mol. The molecule has 1 nitrogen and oxygen atoms in total. The first-order valence-corrected chi connectivity index (χ1v) is 4.20. The number of rotatable bonds is 3. The van der Waals surface area contributed by atoms with Crippen molar-refractivity contribution in [1.29, 1.82) is 0 Å². The average Bonchev–Trinajstić information content (AvgIpc) is 2.03. The summed E-state index contributed by atoms with van der Waals surface area (Å²) in [6, 6.07) is 0. The molecule has 1 saturated carbocycles. The third kappa shape index (κ3) is 2.51. The van der Waals surface area contributed by atoms with Crippen molar-refractivity contribution >= 4 is 6.29 Å². The van der Waals surface area contributed by atoms with E-state index in [0.29, 0.717) is 6.42 Å². The number of aldehydes is 1. The molecule has 0 aliphatic heterocycles. The molecule has 0 aromatic rings. The lowest BCUT2D eigenvalue weighted by Gasteiger charge is -2.19. The topological polar surface area (TPSA) is 17.1 Å². The molecular weight excluding hydrogens is 124 g/mol. The van der Waals surface area contributed by atoms with Gasteiger partial charge in [0, 0.05) is 6.42 Å². The molecule has 0 unspecified atom stereocenters. The zero-order valence-corrected chi connectivity index (χ0v) is 6.38. The third-order valence-electron chi connectivity index (χ3n) is 2.22. The Morgan fingerprint density at radius 1 is 1.20 bits per heavy atom. The van der Waals surface area contributed by atoms with E-state index in [2.05, 4.69) is 6.42 Å². The second-order valence-electron chi connectivity index (χ2n) is 3.04. The fourth-order valence-corrected chi connectivity index (χ4v) is 1.62. The molecule has 1 fully saturated rings. The lowest BCUT2D eigenvalue weighted by molar-refractivity contribution is -0.107. The molecular formula is C9H15O. The van der Waals surface area contributed by atoms with Crippen molar-refractivity contribution in [2.75, 3.05) is 0 Å². The number of carbonyl (C=O) groups excluding carboxylic acids is 1. The zero-order chi connectivity index (χ0) is 7.23. The quantitative estimate of drug-likeness (QED) is 0.548. The summed E-state index contributed by atoms with van der Waals surface area (Å²) in [6.45, 7) is 0. The molecule has 0 amide bonds. The first-order chi connectivity index (χ1) is 4.93. The molecule has 1 heteroatoms. The van der Waals surface area contributed by atoms with Gasteiger partial charge in [-0.05, 0) is 12.3 Å². The molecule has 0 N–H and O–H groups in total. The van der Waals surface area contributed by atoms with E-state index in [1.807, 2.05) is 0 Å². The molecule has 1 aliphatic rings. The summed E-state index contributed by atoms with van der Waals surface area (Å²) in [5.41, 5.74) is 0. The maximum absolute atomic E-state index is 10.0. The maximum Gasteiger partial charge on any atom is 0.120 e. The molecule has 10 heavy (non-hydrogen) atoms. The van der Waals surface area contributed by atoms with Crippen LogP contribution in [0.1, 0.15) is 38.5 Å². The number of carbonyl (C=O) groups is 1. The Bertz CT molecular complexity index is 92.9. The molecule has 0 aromatic heterocycles. The van der Waals surface area contributed by atoms with Gasteiger partial charge < -0.3 is 4.79 Å². The van der Waals surface area contributed by atoms with Gasteiger partial charge >= 0.3 is 0 Å². The van der Waals surface area contributed by atoms with Gasteiger partial charge in [-0.2, -0.15) is 0 Å². The number of hydrogen-bond donors (Lipinski definition) is 0. The summed E-state index contributed by atoms with van der Waals surface area (Å²) >= 11 is 0. The van der Waals surface area contributed by atoms with Crippen LogP contribution in [0.3, 0.4) is 0 Å². The summed E-state index contributed by atoms with van der Waals surface area (Å²) in [4.78, 5) is 10.0. The van der Waals surface area contributed by atoms with Crippen molar-refractivity contribution in [3.05, 3.63) is 6.42 Å². The SMILES string of the molecule is O=CC[CH]C1CCCCC1. The number of hydrogen-bond acceptors (Lipinski definition) is 1. The molecule has 0 bridgehead atoms. The highest BCUT2D eigenvalue weighted by Crippen LogP contribution is 2.25. The first-order valence-electron chi connectivity index (χ1n) is 4.20. The van der Waals surface area contributed by atoms with Crippen LogP contribution in [0.2, 0.25) is 0 Å². The molecule has 0 atom stereocenters. The maximum atomic E-state index is 10.0. The van der Waals surface area contributed by atoms with Crippen molar-refractivity contribution in [3.8, 4) is 0 Å². The van der Waals surface area contributed by atoms with Gasteiger partial charge in [-0.1, -0.05) is 32.1 Å². The Morgan fingerprint density at radius 2 is 1.90 bits per heavy atom. The van der Waals surface area contributed by atoms with Crippen LogP contribution in [-0.4, -0.2) is 6.29 Å². The van der Waals surface area contributed by atoms with Gasteiger partial charge in [0.15, 0.2) is 0 Å². The minimum absolute atomic E-state index is 0.657. The van der Waals surface area contributed by atoms with Gasteiger partial charge in [0.25, 0.3) is 0 Å². The summed E-state index contributed by atoms with van der Waals surface area (Å²) in [5.74, 6) is 0.749. The Balaban J connectivity index is 2.07. The van der Waals surface area contributed by atoms with Crippen molar-refractivity contribution < 1.29 is 4.79 Å². The molecule has 0 saturated heterocycles. The predicted octanol–water partition coefficient (Wildman–Crippen LogP) is 2.36. The summed E-state index contributed by atoms with van der Waals surface area (Å²) in [5, 5.41) is 0. The van der Waals surface area contributed by atoms with Crippen LogP contribution in [0.5, 0.6) is 0 Å². The summed E-state index contributed by atoms with van der Waals surface area (Å²) in [6.07, 6.45) is 10.6. The monoisotopic (exact) mass is 139 g/mol. The second-order valence-corrected chi connectivity index (χ2v) is 3.04. The summed E-state index contributed by atoms with van der Waals surface area (Å²) < 4.78 is 0. The fraction of sp³-hybridized carbons (Fsp3) is 0.778. The molecule has 0 aromatic carbocycles. The van der Waals surface area contributed by atoms with Crippen molar-refractivity contribution in [2.24, 2.45) is 5.92 Å². The van der Waals surface area contributed by atoms with Crippen LogP contribution in [-0.2, 0) is 4.79 Å². The van der Waals surface area contributed by atoms with E-state index in [1.165, 1.54) is 32.1 Å². The fourth-order valence-electron chi connectivity index (χ4n) is 1.62. The van der Waals surface area contributed by atoms with E-state index in [9.17, 15) is 4.79 Å². The van der Waals surface area contributed by atoms with E-state index >= 15 is 0 Å². The van der Waals surface area contributed by atoms with Crippen LogP contribution in [0, 0.1) is 12.3 Å². The highest BCUT2D eigenvalue weighted by atomic mass is 16.1. The predicted molar refractivity (Wildman–Crippen MR) is 41.6 cm³/mol. The van der Waals surface area contributed by atoms with Gasteiger partial charge in [0.05, 0.1) is 0 Å². The third-order valence-corrected chi connectivity index (χ3v) is 2.22. The standard InChI is InChI=1S/C9H15O/c10-8-4-7-9-5-2-1-3-6-9/h7-9H,1-6H2. The largest absolute Gasteiger partial charge is 0.303 e. The smallest absolute Gasteiger partial charge is 0.120 e. The minimum atomic E-state index is 0.657. The molecule has 1 aliphatic carbocycles. The molecule has 0 heterocycles. The Hall–Kier alpha value is -0.330. The van der Waals surface area contributed by atoms with E-state index in [0.717, 1.165) is 12.2 Å². The molecule has 1 radical (unpaired) electrons. The lowest BCUT2D eigenvalue weighted by Crippen LogP contribution is -2.06. The first kappa shape index (κ1) is 7.77. The highest BCUT2D eigenvalue weighted by molar-refractivity contribution is 5.51. The van der Waals surface area contributed by atoms with Crippen LogP contribution in [0.4, 0.5) is 0 Å². The van der Waals surface area contributed by atoms with Gasteiger partial charge in [0.1, 0.15) is 6.29 Å². The van der Waals surface area contributed by atoms with Gasteiger partial charge in [-0.15, -0.1) is 0 Å². The van der Waals surface area contributed by atoms with E-state index in [-0.39, 0.29) is 0 Å². The van der Waals surface area contributed by atoms with E-state index < -0.39 is 0 Å². The molecule has 0 spiro atoms. The Labute approximate surface area is 62.8 Å². The second kappa shape index (κ2) is 4.48. The minimum Gasteiger partial charge on any atom is -0.303 e.